The molecule has 4 nitrogen and oxygen atoms in total. The molecule has 0 aliphatic carbocycles. The van der Waals surface area contributed by atoms with Crippen molar-refractivity contribution < 1.29 is 14.3 Å². The second-order valence-corrected chi connectivity index (χ2v) is 8.50. The Hall–Kier alpha value is -2.02. The Bertz CT molecular complexity index is 959. The number of nitrogens with zero attached hydrogens (tertiary/aromatic N) is 1. The van der Waals surface area contributed by atoms with Crippen LogP contribution in [0.15, 0.2) is 41.3 Å². The van der Waals surface area contributed by atoms with E-state index in [1.807, 2.05) is 26.0 Å². The van der Waals surface area contributed by atoms with E-state index in [0.29, 0.717) is 33.2 Å². The zero-order chi connectivity index (χ0) is 20.3. The highest BCUT2D eigenvalue weighted by molar-refractivity contribution is 8.26. The Morgan fingerprint density at radius 2 is 1.79 bits per heavy atom. The third-order valence-corrected chi connectivity index (χ3v) is 5.89. The van der Waals surface area contributed by atoms with Gasteiger partial charge in [0.15, 0.2) is 0 Å². The molecule has 0 spiro atoms. The second kappa shape index (κ2) is 8.99. The van der Waals surface area contributed by atoms with Gasteiger partial charge in [0.25, 0.3) is 5.91 Å². The van der Waals surface area contributed by atoms with Crippen LogP contribution in [0.5, 0.6) is 11.5 Å². The number of thioether (sulfide) groups is 1. The predicted molar refractivity (Wildman–Crippen MR) is 119 cm³/mol. The normalized spacial score (nSPS) is 15.4. The number of ether oxygens (including phenoxy) is 2. The summed E-state index contributed by atoms with van der Waals surface area (Å²) >= 11 is 12.6. The van der Waals surface area contributed by atoms with Crippen molar-refractivity contribution >= 4 is 51.9 Å². The maximum atomic E-state index is 12.2. The largest absolute Gasteiger partial charge is 0.490 e. The van der Waals surface area contributed by atoms with E-state index in [1.165, 1.54) is 22.2 Å². The summed E-state index contributed by atoms with van der Waals surface area (Å²) in [5.74, 6) is 1.35. The van der Waals surface area contributed by atoms with Gasteiger partial charge in [-0.05, 0) is 49.8 Å². The first-order chi connectivity index (χ1) is 13.3. The predicted octanol–water partition coefficient (Wildman–Crippen LogP) is 5.25. The van der Waals surface area contributed by atoms with Crippen LogP contribution in [0.3, 0.4) is 0 Å². The zero-order valence-corrected chi connectivity index (χ0v) is 18.2. The van der Waals surface area contributed by atoms with Gasteiger partial charge in [0.1, 0.15) is 29.0 Å². The van der Waals surface area contributed by atoms with E-state index in [9.17, 15) is 4.79 Å². The van der Waals surface area contributed by atoms with E-state index in [0.717, 1.165) is 16.9 Å². The molecule has 28 heavy (non-hydrogen) atoms. The fourth-order valence-corrected chi connectivity index (χ4v) is 4.07. The second-order valence-electron chi connectivity index (χ2n) is 6.39. The van der Waals surface area contributed by atoms with Crippen molar-refractivity contribution in [3.63, 3.8) is 0 Å². The van der Waals surface area contributed by atoms with Gasteiger partial charge >= 0.3 is 0 Å². The highest BCUT2D eigenvalue weighted by Crippen LogP contribution is 2.34. The highest BCUT2D eigenvalue weighted by atomic mass is 35.5. The van der Waals surface area contributed by atoms with Gasteiger partial charge in [-0.3, -0.25) is 9.69 Å². The Balaban J connectivity index is 1.68. The molecule has 146 valence electrons. The molecule has 3 rings (SSSR count). The summed E-state index contributed by atoms with van der Waals surface area (Å²) < 4.78 is 12.2. The monoisotopic (exact) mass is 433 g/mol. The summed E-state index contributed by atoms with van der Waals surface area (Å²) in [4.78, 5) is 14.2. The van der Waals surface area contributed by atoms with Crippen molar-refractivity contribution in [2.45, 2.75) is 13.8 Å². The van der Waals surface area contributed by atoms with Gasteiger partial charge in [-0.1, -0.05) is 53.3 Å². The quantitative estimate of drug-likeness (QED) is 0.353. The van der Waals surface area contributed by atoms with Gasteiger partial charge in [-0.25, -0.2) is 0 Å². The molecule has 1 fully saturated rings. The van der Waals surface area contributed by atoms with Gasteiger partial charge in [0.2, 0.25) is 0 Å². The molecule has 0 atom stereocenters. The van der Waals surface area contributed by atoms with Crippen LogP contribution in [0.25, 0.3) is 6.08 Å². The Morgan fingerprint density at radius 3 is 2.43 bits per heavy atom. The molecule has 2 aromatic rings. The molecule has 1 amide bonds. The van der Waals surface area contributed by atoms with Crippen LogP contribution in [-0.2, 0) is 4.79 Å². The van der Waals surface area contributed by atoms with Gasteiger partial charge < -0.3 is 9.47 Å². The highest BCUT2D eigenvalue weighted by Gasteiger charge is 2.29. The van der Waals surface area contributed by atoms with Gasteiger partial charge in [-0.2, -0.15) is 0 Å². The van der Waals surface area contributed by atoms with Gasteiger partial charge in [0, 0.05) is 17.6 Å². The lowest BCUT2D eigenvalue weighted by molar-refractivity contribution is -0.121. The molecular weight excluding hydrogens is 414 g/mol. The number of amides is 1. The molecule has 0 radical (unpaired) electrons. The van der Waals surface area contributed by atoms with Crippen LogP contribution in [0.1, 0.15) is 16.7 Å². The molecule has 1 aliphatic heterocycles. The molecule has 7 heteroatoms. The smallest absolute Gasteiger partial charge is 0.265 e. The van der Waals surface area contributed by atoms with Crippen LogP contribution < -0.4 is 9.47 Å². The van der Waals surface area contributed by atoms with Gasteiger partial charge in [0.05, 0.1) is 4.91 Å². The number of carbonyl (C=O) groups excluding carboxylic acids is 1. The van der Waals surface area contributed by atoms with E-state index in [4.69, 9.17) is 33.3 Å². The number of thiocarbonyl (C=S) groups is 1. The Morgan fingerprint density at radius 1 is 1.11 bits per heavy atom. The first-order valence-electron chi connectivity index (χ1n) is 8.69. The maximum absolute atomic E-state index is 12.2. The number of aryl methyl sites for hydroxylation is 2. The third-order valence-electron chi connectivity index (χ3n) is 4.17. The number of hydrogen-bond acceptors (Lipinski definition) is 5. The molecule has 0 N–H and O–H groups in total. The first kappa shape index (κ1) is 20.7. The van der Waals surface area contributed by atoms with Crippen molar-refractivity contribution in [1.82, 2.24) is 4.90 Å². The number of halogens is 1. The SMILES string of the molecule is Cc1ccc(OCCOc2ccc(Cl)cc2/C=C2\SC(=S)N(C)C2=O)c(C)c1. The van der Waals surface area contributed by atoms with Crippen LogP contribution in [0.4, 0.5) is 0 Å². The fraction of sp³-hybridized carbons (Fsp3) is 0.238. The molecule has 0 aromatic heterocycles. The van der Waals surface area contributed by atoms with Crippen LogP contribution in [0.2, 0.25) is 5.02 Å². The van der Waals surface area contributed by atoms with E-state index in [1.54, 1.807) is 31.3 Å². The average molecular weight is 434 g/mol. The molecule has 1 saturated heterocycles. The van der Waals surface area contributed by atoms with Crippen molar-refractivity contribution in [2.24, 2.45) is 0 Å². The number of carbonyl (C=O) groups is 1. The summed E-state index contributed by atoms with van der Waals surface area (Å²) in [7, 11) is 1.66. The first-order valence-corrected chi connectivity index (χ1v) is 10.3. The van der Waals surface area contributed by atoms with E-state index in [-0.39, 0.29) is 5.91 Å². The van der Waals surface area contributed by atoms with Gasteiger partial charge in [-0.15, -0.1) is 0 Å². The average Bonchev–Trinajstić information content (AvgIpc) is 2.88. The maximum Gasteiger partial charge on any atom is 0.265 e. The summed E-state index contributed by atoms with van der Waals surface area (Å²) in [6, 6.07) is 11.4. The summed E-state index contributed by atoms with van der Waals surface area (Å²) in [6.45, 7) is 4.84. The van der Waals surface area contributed by atoms with E-state index >= 15 is 0 Å². The number of hydrogen-bond donors (Lipinski definition) is 0. The minimum Gasteiger partial charge on any atom is -0.490 e. The van der Waals surface area contributed by atoms with Crippen LogP contribution in [-0.4, -0.2) is 35.4 Å². The lowest BCUT2D eigenvalue weighted by atomic mass is 10.1. The molecule has 1 aliphatic rings. The fourth-order valence-electron chi connectivity index (χ4n) is 2.71. The molecule has 2 aromatic carbocycles. The lowest BCUT2D eigenvalue weighted by Crippen LogP contribution is -2.22. The number of rotatable bonds is 6. The topological polar surface area (TPSA) is 38.8 Å². The minimum atomic E-state index is -0.126. The summed E-state index contributed by atoms with van der Waals surface area (Å²) in [5.41, 5.74) is 3.02. The Labute approximate surface area is 179 Å². The van der Waals surface area contributed by atoms with Crippen molar-refractivity contribution in [2.75, 3.05) is 20.3 Å². The number of likely N-dealkylation sites (N-methyl/N-ethyl adjacent to an activating group) is 1. The molecule has 0 saturated carbocycles. The van der Waals surface area contributed by atoms with Crippen molar-refractivity contribution in [1.29, 1.82) is 0 Å². The summed E-state index contributed by atoms with van der Waals surface area (Å²) in [5, 5.41) is 0.567. The summed E-state index contributed by atoms with van der Waals surface area (Å²) in [6.07, 6.45) is 1.76. The Kier molecular flexibility index (Phi) is 6.65. The molecule has 1 heterocycles. The van der Waals surface area contributed by atoms with E-state index < -0.39 is 0 Å². The third kappa shape index (κ3) is 4.87. The minimum absolute atomic E-state index is 0.126. The molecule has 0 bridgehead atoms. The van der Waals surface area contributed by atoms with Crippen molar-refractivity contribution in [3.8, 4) is 11.5 Å². The number of benzene rings is 2. The van der Waals surface area contributed by atoms with Crippen LogP contribution in [0, 0.1) is 13.8 Å². The lowest BCUT2D eigenvalue weighted by Gasteiger charge is -2.12. The van der Waals surface area contributed by atoms with E-state index in [2.05, 4.69) is 6.07 Å². The standard InChI is InChI=1S/C21H20ClNO3S2/c1-13-4-6-17(14(2)10-13)25-8-9-26-18-7-5-16(22)11-15(18)12-19-20(24)23(3)21(27)28-19/h4-7,10-12H,8-9H2,1-3H3/b19-12-. The molecular formula is C21H20ClNO3S2. The molecule has 0 unspecified atom stereocenters. The van der Waals surface area contributed by atoms with Crippen molar-refractivity contribution in [3.05, 3.63) is 63.0 Å². The zero-order valence-electron chi connectivity index (χ0n) is 15.8. The van der Waals surface area contributed by atoms with Crippen LogP contribution >= 0.6 is 35.6 Å².